The molecule has 0 bridgehead atoms. The van der Waals surface area contributed by atoms with Gasteiger partial charge in [0.05, 0.1) is 19.2 Å². The number of amides is 1. The molecule has 1 aromatic heterocycles. The Bertz CT molecular complexity index is 1010. The van der Waals surface area contributed by atoms with Crippen molar-refractivity contribution in [3.8, 4) is 5.75 Å². The number of rotatable bonds is 4. The van der Waals surface area contributed by atoms with E-state index in [2.05, 4.69) is 10.4 Å². The first-order valence-corrected chi connectivity index (χ1v) is 8.85. The van der Waals surface area contributed by atoms with Crippen LogP contribution in [0.5, 0.6) is 5.75 Å². The Morgan fingerprint density at radius 3 is 2.70 bits per heavy atom. The van der Waals surface area contributed by atoms with Crippen molar-refractivity contribution in [1.29, 1.82) is 0 Å². The fourth-order valence-electron chi connectivity index (χ4n) is 3.16. The molecule has 0 saturated heterocycles. The smallest absolute Gasteiger partial charge is 0.272 e. The average Bonchev–Trinajstić information content (AvgIpc) is 2.71. The molecule has 2 aromatic carbocycles. The molecule has 27 heavy (non-hydrogen) atoms. The lowest BCUT2D eigenvalue weighted by molar-refractivity contribution is 0.0917. The molecule has 1 aliphatic rings. The monoisotopic (exact) mass is 361 g/mol. The number of nitrogens with zero attached hydrogens (tertiary/aromatic N) is 2. The lowest BCUT2D eigenvalue weighted by atomic mass is 10.0. The Kier molecular flexibility index (Phi) is 4.70. The summed E-state index contributed by atoms with van der Waals surface area (Å²) in [6, 6.07) is 19.9. The van der Waals surface area contributed by atoms with Gasteiger partial charge in [0.25, 0.3) is 11.5 Å². The van der Waals surface area contributed by atoms with Gasteiger partial charge in [-0.2, -0.15) is 5.10 Å². The molecular weight excluding hydrogens is 342 g/mol. The third-order valence-corrected chi connectivity index (χ3v) is 4.54. The van der Waals surface area contributed by atoms with Crippen LogP contribution in [0.4, 0.5) is 0 Å². The van der Waals surface area contributed by atoms with E-state index in [0.29, 0.717) is 19.6 Å². The van der Waals surface area contributed by atoms with Crippen LogP contribution >= 0.6 is 0 Å². The van der Waals surface area contributed by atoms with E-state index < -0.39 is 0 Å². The summed E-state index contributed by atoms with van der Waals surface area (Å²) in [5, 5.41) is 7.25. The number of hydrogen-bond acceptors (Lipinski definition) is 4. The zero-order chi connectivity index (χ0) is 18.6. The van der Waals surface area contributed by atoms with Crippen LogP contribution in [-0.4, -0.2) is 22.3 Å². The van der Waals surface area contributed by atoms with Crippen LogP contribution in [0.25, 0.3) is 0 Å². The minimum Gasteiger partial charge on any atom is -0.493 e. The molecule has 1 unspecified atom stereocenters. The summed E-state index contributed by atoms with van der Waals surface area (Å²) in [4.78, 5) is 24.8. The Balaban J connectivity index is 1.55. The molecular formula is C21H19N3O3. The van der Waals surface area contributed by atoms with Gasteiger partial charge in [0.1, 0.15) is 11.4 Å². The quantitative estimate of drug-likeness (QED) is 0.775. The third-order valence-electron chi connectivity index (χ3n) is 4.54. The van der Waals surface area contributed by atoms with Gasteiger partial charge in [-0.3, -0.25) is 9.59 Å². The van der Waals surface area contributed by atoms with Gasteiger partial charge in [-0.1, -0.05) is 48.5 Å². The van der Waals surface area contributed by atoms with Gasteiger partial charge in [-0.05, 0) is 17.7 Å². The first-order valence-electron chi connectivity index (χ1n) is 8.85. The highest BCUT2D eigenvalue weighted by molar-refractivity contribution is 5.92. The van der Waals surface area contributed by atoms with E-state index in [1.54, 1.807) is 0 Å². The van der Waals surface area contributed by atoms with Crippen molar-refractivity contribution < 1.29 is 9.53 Å². The summed E-state index contributed by atoms with van der Waals surface area (Å²) >= 11 is 0. The summed E-state index contributed by atoms with van der Waals surface area (Å²) in [6.07, 6.45) is 0.687. The molecule has 6 nitrogen and oxygen atoms in total. The maximum absolute atomic E-state index is 12.7. The van der Waals surface area contributed by atoms with Gasteiger partial charge >= 0.3 is 0 Å². The number of ether oxygens (including phenoxy) is 1. The molecule has 1 N–H and O–H groups in total. The van der Waals surface area contributed by atoms with E-state index >= 15 is 0 Å². The Labute approximate surface area is 156 Å². The van der Waals surface area contributed by atoms with Gasteiger partial charge in [0.15, 0.2) is 0 Å². The van der Waals surface area contributed by atoms with Gasteiger partial charge in [0, 0.05) is 18.1 Å². The highest BCUT2D eigenvalue weighted by Crippen LogP contribution is 2.31. The van der Waals surface area contributed by atoms with Crippen molar-refractivity contribution in [2.24, 2.45) is 0 Å². The number of carbonyl (C=O) groups is 1. The van der Waals surface area contributed by atoms with Crippen molar-refractivity contribution in [2.75, 3.05) is 6.61 Å². The number of aromatic nitrogens is 2. The third kappa shape index (κ3) is 3.74. The number of benzene rings is 2. The SMILES string of the molecule is O=C(NC1CCOc2ccccc21)c1ccc(=O)n(Cc2ccccc2)n1. The molecule has 0 radical (unpaired) electrons. The molecule has 0 aliphatic carbocycles. The number of hydrogen-bond donors (Lipinski definition) is 1. The van der Waals surface area contributed by atoms with Crippen LogP contribution in [0.15, 0.2) is 71.5 Å². The average molecular weight is 361 g/mol. The maximum atomic E-state index is 12.7. The van der Waals surface area contributed by atoms with Gasteiger partial charge < -0.3 is 10.1 Å². The van der Waals surface area contributed by atoms with Gasteiger partial charge in [0.2, 0.25) is 0 Å². The predicted octanol–water partition coefficient (Wildman–Crippen LogP) is 2.55. The van der Waals surface area contributed by atoms with Gasteiger partial charge in [-0.15, -0.1) is 0 Å². The van der Waals surface area contributed by atoms with Crippen molar-refractivity contribution in [3.05, 3.63) is 93.9 Å². The van der Waals surface area contributed by atoms with Crippen molar-refractivity contribution in [1.82, 2.24) is 15.1 Å². The van der Waals surface area contributed by atoms with E-state index in [0.717, 1.165) is 16.9 Å². The van der Waals surface area contributed by atoms with Crippen LogP contribution in [0.3, 0.4) is 0 Å². The standard InChI is InChI=1S/C21H19N3O3/c25-20-11-10-18(23-24(20)14-15-6-2-1-3-7-15)21(26)22-17-12-13-27-19-9-5-4-8-16(17)19/h1-11,17H,12-14H2,(H,22,26). The topological polar surface area (TPSA) is 73.2 Å². The lowest BCUT2D eigenvalue weighted by Crippen LogP contribution is -2.34. The van der Waals surface area contributed by atoms with Crippen LogP contribution in [-0.2, 0) is 6.54 Å². The molecule has 1 atom stereocenters. The molecule has 4 rings (SSSR count). The van der Waals surface area contributed by atoms with Crippen molar-refractivity contribution in [2.45, 2.75) is 19.0 Å². The summed E-state index contributed by atoms with van der Waals surface area (Å²) < 4.78 is 6.94. The van der Waals surface area contributed by atoms with E-state index in [-0.39, 0.29) is 23.2 Å². The molecule has 6 heteroatoms. The van der Waals surface area contributed by atoms with E-state index in [4.69, 9.17) is 4.74 Å². The molecule has 0 saturated carbocycles. The Morgan fingerprint density at radius 1 is 1.07 bits per heavy atom. The predicted molar refractivity (Wildman–Crippen MR) is 101 cm³/mol. The van der Waals surface area contributed by atoms with Crippen LogP contribution in [0, 0.1) is 0 Å². The summed E-state index contributed by atoms with van der Waals surface area (Å²) in [5.41, 5.74) is 1.87. The van der Waals surface area contributed by atoms with E-state index in [1.807, 2.05) is 54.6 Å². The molecule has 0 fully saturated rings. The Morgan fingerprint density at radius 2 is 1.85 bits per heavy atom. The number of para-hydroxylation sites is 1. The van der Waals surface area contributed by atoms with Crippen LogP contribution in [0.1, 0.15) is 34.1 Å². The zero-order valence-corrected chi connectivity index (χ0v) is 14.7. The largest absolute Gasteiger partial charge is 0.493 e. The van der Waals surface area contributed by atoms with E-state index in [9.17, 15) is 9.59 Å². The van der Waals surface area contributed by atoms with E-state index in [1.165, 1.54) is 16.8 Å². The highest BCUT2D eigenvalue weighted by atomic mass is 16.5. The fourth-order valence-corrected chi connectivity index (χ4v) is 3.16. The zero-order valence-electron chi connectivity index (χ0n) is 14.7. The number of carbonyl (C=O) groups excluding carboxylic acids is 1. The molecule has 2 heterocycles. The van der Waals surface area contributed by atoms with Crippen LogP contribution in [0.2, 0.25) is 0 Å². The normalized spacial score (nSPS) is 15.5. The highest BCUT2D eigenvalue weighted by Gasteiger charge is 2.23. The minimum absolute atomic E-state index is 0.140. The second-order valence-corrected chi connectivity index (χ2v) is 6.40. The second-order valence-electron chi connectivity index (χ2n) is 6.40. The number of nitrogens with one attached hydrogen (secondary N) is 1. The molecule has 1 aliphatic heterocycles. The Hall–Kier alpha value is -3.41. The first-order chi connectivity index (χ1) is 13.2. The minimum atomic E-state index is -0.307. The number of fused-ring (bicyclic) bond motifs is 1. The fraction of sp³-hybridized carbons (Fsp3) is 0.190. The van der Waals surface area contributed by atoms with Crippen molar-refractivity contribution in [3.63, 3.8) is 0 Å². The van der Waals surface area contributed by atoms with Crippen molar-refractivity contribution >= 4 is 5.91 Å². The molecule has 136 valence electrons. The lowest BCUT2D eigenvalue weighted by Gasteiger charge is -2.26. The maximum Gasteiger partial charge on any atom is 0.272 e. The van der Waals surface area contributed by atoms with Gasteiger partial charge in [-0.25, -0.2) is 4.68 Å². The summed E-state index contributed by atoms with van der Waals surface area (Å²) in [6.45, 7) is 0.865. The molecule has 3 aromatic rings. The second kappa shape index (κ2) is 7.45. The first kappa shape index (κ1) is 17.0. The van der Waals surface area contributed by atoms with Crippen LogP contribution < -0.4 is 15.6 Å². The summed E-state index contributed by atoms with van der Waals surface area (Å²) in [5.74, 6) is 0.481. The molecule has 1 amide bonds. The summed E-state index contributed by atoms with van der Waals surface area (Å²) in [7, 11) is 0. The molecule has 0 spiro atoms.